The van der Waals surface area contributed by atoms with E-state index in [4.69, 9.17) is 23.2 Å². The Morgan fingerprint density at radius 2 is 1.94 bits per heavy atom. The minimum Gasteiger partial charge on any atom is -0.306 e. The Balaban J connectivity index is 2.28. The van der Waals surface area contributed by atoms with Crippen LogP contribution in [0.5, 0.6) is 0 Å². The van der Waals surface area contributed by atoms with Gasteiger partial charge in [0.2, 0.25) is 0 Å². The summed E-state index contributed by atoms with van der Waals surface area (Å²) >= 11 is 11.9. The molecule has 4 nitrogen and oxygen atoms in total. The van der Waals surface area contributed by atoms with Gasteiger partial charge in [0.1, 0.15) is 5.54 Å². The predicted octanol–water partition coefficient (Wildman–Crippen LogP) is 2.82. The number of urea groups is 1. The summed E-state index contributed by atoms with van der Waals surface area (Å²) in [6.45, 7) is 3.65. The number of nitrogens with one attached hydrogen (secondary N) is 1. The van der Waals surface area contributed by atoms with Gasteiger partial charge in [0.15, 0.2) is 0 Å². The molecule has 96 valence electrons. The van der Waals surface area contributed by atoms with E-state index in [2.05, 4.69) is 5.32 Å². The van der Waals surface area contributed by atoms with Gasteiger partial charge in [-0.25, -0.2) is 4.79 Å². The van der Waals surface area contributed by atoms with Crippen LogP contribution in [0, 0.1) is 0 Å². The number of amides is 3. The molecule has 1 aliphatic heterocycles. The molecule has 18 heavy (non-hydrogen) atoms. The summed E-state index contributed by atoms with van der Waals surface area (Å²) in [5.74, 6) is -0.308. The summed E-state index contributed by atoms with van der Waals surface area (Å²) in [4.78, 5) is 24.8. The first-order chi connectivity index (χ1) is 8.32. The smallest absolute Gasteiger partial charge is 0.306 e. The summed E-state index contributed by atoms with van der Waals surface area (Å²) in [5.41, 5.74) is -0.126. The lowest BCUT2D eigenvalue weighted by Gasteiger charge is -2.28. The lowest BCUT2D eigenvalue weighted by Crippen LogP contribution is -2.43. The zero-order valence-electron chi connectivity index (χ0n) is 9.96. The molecule has 1 aliphatic rings. The first-order valence-corrected chi connectivity index (χ1v) is 6.15. The van der Waals surface area contributed by atoms with Crippen molar-refractivity contribution in [1.82, 2.24) is 10.2 Å². The van der Waals surface area contributed by atoms with Crippen LogP contribution in [-0.4, -0.2) is 22.4 Å². The van der Waals surface area contributed by atoms with Crippen LogP contribution in [0.1, 0.15) is 19.4 Å². The molecule has 0 aromatic heterocycles. The molecule has 1 aromatic rings. The van der Waals surface area contributed by atoms with Gasteiger partial charge in [-0.2, -0.15) is 0 Å². The van der Waals surface area contributed by atoms with Gasteiger partial charge in [0.25, 0.3) is 5.91 Å². The minimum absolute atomic E-state index is 0.264. The van der Waals surface area contributed by atoms with Crippen molar-refractivity contribution in [3.63, 3.8) is 0 Å². The van der Waals surface area contributed by atoms with Gasteiger partial charge in [-0.15, -0.1) is 0 Å². The highest BCUT2D eigenvalue weighted by molar-refractivity contribution is 6.35. The van der Waals surface area contributed by atoms with Crippen LogP contribution < -0.4 is 5.32 Å². The minimum atomic E-state index is -0.875. The third-order valence-electron chi connectivity index (χ3n) is 3.04. The van der Waals surface area contributed by atoms with E-state index in [0.717, 1.165) is 5.56 Å². The number of rotatable bonds is 2. The van der Waals surface area contributed by atoms with Gasteiger partial charge in [-0.1, -0.05) is 29.3 Å². The van der Waals surface area contributed by atoms with E-state index in [-0.39, 0.29) is 12.5 Å². The Morgan fingerprint density at radius 3 is 2.44 bits per heavy atom. The highest BCUT2D eigenvalue weighted by Gasteiger charge is 2.45. The average Bonchev–Trinajstić information content (AvgIpc) is 2.44. The second-order valence-corrected chi connectivity index (χ2v) is 5.48. The maximum absolute atomic E-state index is 11.7. The van der Waals surface area contributed by atoms with Gasteiger partial charge in [-0.05, 0) is 31.5 Å². The van der Waals surface area contributed by atoms with E-state index < -0.39 is 11.6 Å². The fraction of sp³-hybridized carbons (Fsp3) is 0.333. The molecular weight excluding hydrogens is 275 g/mol. The molecule has 0 bridgehead atoms. The number of carbonyl (C=O) groups excluding carboxylic acids is 2. The molecule has 6 heteroatoms. The van der Waals surface area contributed by atoms with Crippen LogP contribution >= 0.6 is 23.2 Å². The summed E-state index contributed by atoms with van der Waals surface area (Å²) < 4.78 is 0. The Hall–Kier alpha value is -1.26. The van der Waals surface area contributed by atoms with Crippen molar-refractivity contribution in [2.75, 3.05) is 0 Å². The van der Waals surface area contributed by atoms with Crippen molar-refractivity contribution in [3.05, 3.63) is 33.8 Å². The highest BCUT2D eigenvalue weighted by Crippen LogP contribution is 2.27. The molecule has 1 heterocycles. The Labute approximate surface area is 115 Å². The lowest BCUT2D eigenvalue weighted by molar-refractivity contribution is -0.125. The molecule has 2 rings (SSSR count). The summed E-state index contributed by atoms with van der Waals surface area (Å²) in [5, 5.41) is 3.30. The van der Waals surface area contributed by atoms with Crippen molar-refractivity contribution in [1.29, 1.82) is 0 Å². The third-order valence-corrected chi connectivity index (χ3v) is 3.63. The van der Waals surface area contributed by atoms with E-state index in [9.17, 15) is 9.59 Å². The van der Waals surface area contributed by atoms with Gasteiger partial charge >= 0.3 is 6.03 Å². The monoisotopic (exact) mass is 286 g/mol. The molecule has 1 aromatic carbocycles. The van der Waals surface area contributed by atoms with Gasteiger partial charge in [0, 0.05) is 16.6 Å². The zero-order valence-corrected chi connectivity index (χ0v) is 11.5. The molecule has 0 saturated carbocycles. The fourth-order valence-corrected chi connectivity index (χ4v) is 2.25. The molecule has 0 aliphatic carbocycles. The fourth-order valence-electron chi connectivity index (χ4n) is 1.78. The number of benzene rings is 1. The average molecular weight is 287 g/mol. The van der Waals surface area contributed by atoms with Crippen LogP contribution in [0.3, 0.4) is 0 Å². The summed E-state index contributed by atoms with van der Waals surface area (Å²) in [6, 6.07) is 4.65. The first kappa shape index (κ1) is 13.2. The molecule has 1 fully saturated rings. The van der Waals surface area contributed by atoms with Crippen LogP contribution in [0.25, 0.3) is 0 Å². The second kappa shape index (κ2) is 4.44. The van der Waals surface area contributed by atoms with Crippen LogP contribution in [0.15, 0.2) is 18.2 Å². The van der Waals surface area contributed by atoms with Crippen molar-refractivity contribution < 1.29 is 9.59 Å². The van der Waals surface area contributed by atoms with E-state index in [0.29, 0.717) is 10.0 Å². The lowest BCUT2D eigenvalue weighted by atomic mass is 10.0. The molecule has 0 spiro atoms. The summed E-state index contributed by atoms with van der Waals surface area (Å²) in [7, 11) is 0. The molecular formula is C12H12Cl2N2O2. The standard InChI is InChI=1S/C12H12Cl2N2O2/c1-12(2)10(17)15-11(18)16(12)6-7-3-4-8(13)5-9(7)14/h3-5H,6H2,1-2H3,(H,15,17,18). The quantitative estimate of drug-likeness (QED) is 0.850. The predicted molar refractivity (Wildman–Crippen MR) is 69.6 cm³/mol. The Bertz CT molecular complexity index is 529. The number of nitrogens with zero attached hydrogens (tertiary/aromatic N) is 1. The number of hydrogen-bond donors (Lipinski definition) is 1. The molecule has 0 atom stereocenters. The van der Waals surface area contributed by atoms with E-state index in [1.807, 2.05) is 0 Å². The van der Waals surface area contributed by atoms with Gasteiger partial charge in [-0.3, -0.25) is 10.1 Å². The van der Waals surface area contributed by atoms with Crippen LogP contribution in [0.4, 0.5) is 4.79 Å². The highest BCUT2D eigenvalue weighted by atomic mass is 35.5. The van der Waals surface area contributed by atoms with Gasteiger partial charge < -0.3 is 4.90 Å². The van der Waals surface area contributed by atoms with Crippen molar-refractivity contribution >= 4 is 35.1 Å². The van der Waals surface area contributed by atoms with E-state index in [1.54, 1.807) is 32.0 Å². The Kier molecular flexibility index (Phi) is 3.25. The van der Waals surface area contributed by atoms with E-state index >= 15 is 0 Å². The molecule has 0 unspecified atom stereocenters. The maximum atomic E-state index is 11.7. The van der Waals surface area contributed by atoms with E-state index in [1.165, 1.54) is 4.90 Å². The number of carbonyl (C=O) groups is 2. The van der Waals surface area contributed by atoms with Crippen molar-refractivity contribution in [2.45, 2.75) is 25.9 Å². The molecule has 1 saturated heterocycles. The number of hydrogen-bond acceptors (Lipinski definition) is 2. The molecule has 1 N–H and O–H groups in total. The zero-order chi connectivity index (χ0) is 13.5. The largest absolute Gasteiger partial charge is 0.325 e. The third kappa shape index (κ3) is 2.18. The molecule has 3 amide bonds. The Morgan fingerprint density at radius 1 is 1.28 bits per heavy atom. The SMILES string of the molecule is CC1(C)C(=O)NC(=O)N1Cc1ccc(Cl)cc1Cl. The second-order valence-electron chi connectivity index (χ2n) is 4.64. The van der Waals surface area contributed by atoms with Crippen molar-refractivity contribution in [2.24, 2.45) is 0 Å². The maximum Gasteiger partial charge on any atom is 0.325 e. The number of halogens is 2. The van der Waals surface area contributed by atoms with Crippen molar-refractivity contribution in [3.8, 4) is 0 Å². The first-order valence-electron chi connectivity index (χ1n) is 5.39. The normalized spacial score (nSPS) is 18.1. The topological polar surface area (TPSA) is 49.4 Å². The van der Waals surface area contributed by atoms with Gasteiger partial charge in [0.05, 0.1) is 0 Å². The van der Waals surface area contributed by atoms with Crippen LogP contribution in [0.2, 0.25) is 10.0 Å². The number of imide groups is 1. The van der Waals surface area contributed by atoms with Crippen LogP contribution in [-0.2, 0) is 11.3 Å². The molecule has 0 radical (unpaired) electrons. The summed E-state index contributed by atoms with van der Waals surface area (Å²) in [6.07, 6.45) is 0.